The number of carboxylic acids is 1. The van der Waals surface area contributed by atoms with Crippen molar-refractivity contribution in [1.82, 2.24) is 0 Å². The van der Waals surface area contributed by atoms with Gasteiger partial charge in [-0.25, -0.2) is 0 Å². The summed E-state index contributed by atoms with van der Waals surface area (Å²) in [5.41, 5.74) is 2.53. The molecule has 0 spiro atoms. The van der Waals surface area contributed by atoms with Gasteiger partial charge in [0.25, 0.3) is 0 Å². The van der Waals surface area contributed by atoms with Gasteiger partial charge in [-0.1, -0.05) is 55.7 Å². The minimum atomic E-state index is -0.929. The third-order valence-electron chi connectivity index (χ3n) is 2.87. The number of hydrogen-bond acceptors (Lipinski definition) is 2. The van der Waals surface area contributed by atoms with Crippen molar-refractivity contribution in [3.05, 3.63) is 66.8 Å². The fraction of sp³-hybridized carbons (Fsp3) is 0.188. The van der Waals surface area contributed by atoms with E-state index in [1.54, 1.807) is 18.2 Å². The van der Waals surface area contributed by atoms with Crippen LogP contribution in [-0.4, -0.2) is 22.8 Å². The Morgan fingerprint density at radius 3 is 2.53 bits per heavy atom. The van der Waals surface area contributed by atoms with Crippen LogP contribution in [0.1, 0.15) is 23.5 Å². The Morgan fingerprint density at radius 2 is 2.00 bits per heavy atom. The third-order valence-corrected chi connectivity index (χ3v) is 2.87. The van der Waals surface area contributed by atoms with Gasteiger partial charge in [-0.15, -0.1) is 0 Å². The van der Waals surface area contributed by atoms with E-state index in [9.17, 15) is 9.90 Å². The molecule has 1 atom stereocenters. The normalized spacial score (nSPS) is 12.8. The van der Waals surface area contributed by atoms with Gasteiger partial charge >= 0.3 is 5.97 Å². The number of aliphatic carboxylic acids is 1. The smallest absolute Gasteiger partial charge is 0.304 e. The molecule has 0 amide bonds. The van der Waals surface area contributed by atoms with Crippen LogP contribution in [0.3, 0.4) is 0 Å². The predicted octanol–water partition coefficient (Wildman–Crippen LogP) is 2.99. The minimum absolute atomic E-state index is 0.105. The molecule has 0 radical (unpaired) electrons. The second-order valence-electron chi connectivity index (χ2n) is 4.13. The zero-order chi connectivity index (χ0) is 14.3. The quantitative estimate of drug-likeness (QED) is 0.739. The van der Waals surface area contributed by atoms with E-state index in [0.29, 0.717) is 0 Å². The number of carbonyl (C=O) groups is 1. The van der Waals surface area contributed by atoms with Gasteiger partial charge in [-0.3, -0.25) is 4.79 Å². The lowest BCUT2D eigenvalue weighted by molar-refractivity contribution is -0.137. The summed E-state index contributed by atoms with van der Waals surface area (Å²) in [5, 5.41) is 18.3. The van der Waals surface area contributed by atoms with Crippen LogP contribution < -0.4 is 0 Å². The third kappa shape index (κ3) is 3.93. The molecule has 3 heteroatoms. The van der Waals surface area contributed by atoms with E-state index in [1.807, 2.05) is 24.3 Å². The first-order valence-corrected chi connectivity index (χ1v) is 6.01. The van der Waals surface area contributed by atoms with Gasteiger partial charge in [0.15, 0.2) is 0 Å². The van der Waals surface area contributed by atoms with Crippen molar-refractivity contribution in [2.24, 2.45) is 0 Å². The van der Waals surface area contributed by atoms with Gasteiger partial charge in [0.05, 0.1) is 13.0 Å². The maximum Gasteiger partial charge on any atom is 0.304 e. The molecule has 1 rings (SSSR count). The zero-order valence-corrected chi connectivity index (χ0v) is 10.7. The highest BCUT2D eigenvalue weighted by Gasteiger charge is 2.18. The summed E-state index contributed by atoms with van der Waals surface area (Å²) in [6.07, 6.45) is 5.04. The number of allylic oxidation sites excluding steroid dienone is 4. The van der Waals surface area contributed by atoms with Gasteiger partial charge in [0.2, 0.25) is 0 Å². The molecule has 0 bridgehead atoms. The largest absolute Gasteiger partial charge is 0.481 e. The van der Waals surface area contributed by atoms with Crippen LogP contribution >= 0.6 is 0 Å². The van der Waals surface area contributed by atoms with Crippen molar-refractivity contribution in [1.29, 1.82) is 0 Å². The first kappa shape index (κ1) is 14.9. The van der Waals surface area contributed by atoms with Crippen LogP contribution in [0.25, 0.3) is 5.57 Å². The van der Waals surface area contributed by atoms with Crippen molar-refractivity contribution >= 4 is 11.5 Å². The number of aliphatic hydroxyl groups excluding tert-OH is 1. The van der Waals surface area contributed by atoms with Crippen LogP contribution in [-0.2, 0) is 4.79 Å². The van der Waals surface area contributed by atoms with Crippen molar-refractivity contribution in [3.63, 3.8) is 0 Å². The molecule has 0 fully saturated rings. The van der Waals surface area contributed by atoms with E-state index in [0.717, 1.165) is 16.7 Å². The molecule has 0 aliphatic heterocycles. The van der Waals surface area contributed by atoms with Crippen molar-refractivity contribution in [2.75, 3.05) is 6.61 Å². The number of benzene rings is 1. The fourth-order valence-corrected chi connectivity index (χ4v) is 1.99. The Bertz CT molecular complexity index is 500. The average molecular weight is 258 g/mol. The van der Waals surface area contributed by atoms with Crippen LogP contribution in [0.15, 0.2) is 55.7 Å². The molecule has 0 aliphatic carbocycles. The highest BCUT2D eigenvalue weighted by atomic mass is 16.4. The van der Waals surface area contributed by atoms with Crippen LogP contribution in [0.2, 0.25) is 0 Å². The monoisotopic (exact) mass is 258 g/mol. The van der Waals surface area contributed by atoms with Crippen LogP contribution in [0.5, 0.6) is 0 Å². The summed E-state index contributed by atoms with van der Waals surface area (Å²) >= 11 is 0. The van der Waals surface area contributed by atoms with Gasteiger partial charge in [-0.2, -0.15) is 0 Å². The topological polar surface area (TPSA) is 57.5 Å². The van der Waals surface area contributed by atoms with Crippen LogP contribution in [0, 0.1) is 0 Å². The number of rotatable bonds is 7. The van der Waals surface area contributed by atoms with Crippen LogP contribution in [0.4, 0.5) is 0 Å². The number of carboxylic acid groups (broad SMARTS) is 1. The fourth-order valence-electron chi connectivity index (χ4n) is 1.99. The standard InChI is InChI=1S/C16H18O3/c1-3-7-12(4-2)14-8-5-6-9-15(14)13(11-17)10-16(18)19/h3-9,13,17H,1-2,10-11H2,(H,18,19)/b12-7+. The zero-order valence-electron chi connectivity index (χ0n) is 10.7. The molecule has 2 N–H and O–H groups in total. The summed E-state index contributed by atoms with van der Waals surface area (Å²) in [4.78, 5) is 10.9. The first-order chi connectivity index (χ1) is 9.13. The predicted molar refractivity (Wildman–Crippen MR) is 76.9 cm³/mol. The van der Waals surface area contributed by atoms with Gasteiger partial charge < -0.3 is 10.2 Å². The molecule has 1 unspecified atom stereocenters. The molecule has 0 aromatic heterocycles. The Morgan fingerprint density at radius 1 is 1.32 bits per heavy atom. The number of hydrogen-bond donors (Lipinski definition) is 2. The molecule has 100 valence electrons. The van der Waals surface area contributed by atoms with E-state index < -0.39 is 11.9 Å². The summed E-state index contributed by atoms with van der Waals surface area (Å²) < 4.78 is 0. The first-order valence-electron chi connectivity index (χ1n) is 6.01. The highest BCUT2D eigenvalue weighted by Crippen LogP contribution is 2.28. The molecule has 1 aromatic rings. The molecule has 0 saturated carbocycles. The second kappa shape index (κ2) is 7.34. The molecule has 19 heavy (non-hydrogen) atoms. The van der Waals surface area contributed by atoms with E-state index in [2.05, 4.69) is 13.2 Å². The van der Waals surface area contributed by atoms with Crippen molar-refractivity contribution in [3.8, 4) is 0 Å². The maximum atomic E-state index is 10.9. The lowest BCUT2D eigenvalue weighted by Crippen LogP contribution is -2.12. The Labute approximate surface area is 113 Å². The lowest BCUT2D eigenvalue weighted by atomic mass is 9.88. The van der Waals surface area contributed by atoms with Gasteiger partial charge in [0, 0.05) is 5.92 Å². The lowest BCUT2D eigenvalue weighted by Gasteiger charge is -2.17. The molecular formula is C16H18O3. The number of aliphatic hydroxyl groups is 1. The van der Waals surface area contributed by atoms with E-state index in [-0.39, 0.29) is 13.0 Å². The average Bonchev–Trinajstić information content (AvgIpc) is 2.42. The Hall–Kier alpha value is -2.13. The van der Waals surface area contributed by atoms with Gasteiger partial charge in [0.1, 0.15) is 0 Å². The molecular weight excluding hydrogens is 240 g/mol. The van der Waals surface area contributed by atoms with Crippen molar-refractivity contribution < 1.29 is 15.0 Å². The van der Waals surface area contributed by atoms with E-state index in [1.165, 1.54) is 0 Å². The minimum Gasteiger partial charge on any atom is -0.481 e. The Balaban J connectivity index is 3.27. The Kier molecular flexibility index (Phi) is 5.76. The summed E-state index contributed by atoms with van der Waals surface area (Å²) in [7, 11) is 0. The summed E-state index contributed by atoms with van der Waals surface area (Å²) in [5.74, 6) is -1.36. The van der Waals surface area contributed by atoms with E-state index >= 15 is 0 Å². The summed E-state index contributed by atoms with van der Waals surface area (Å²) in [6.45, 7) is 7.19. The second-order valence-corrected chi connectivity index (χ2v) is 4.13. The molecule has 3 nitrogen and oxygen atoms in total. The molecule has 0 saturated heterocycles. The maximum absolute atomic E-state index is 10.9. The summed E-state index contributed by atoms with van der Waals surface area (Å²) in [6, 6.07) is 7.42. The van der Waals surface area contributed by atoms with Gasteiger partial charge in [-0.05, 0) is 16.7 Å². The highest BCUT2D eigenvalue weighted by molar-refractivity contribution is 5.77. The van der Waals surface area contributed by atoms with E-state index in [4.69, 9.17) is 5.11 Å². The van der Waals surface area contributed by atoms with Crippen molar-refractivity contribution in [2.45, 2.75) is 12.3 Å². The molecule has 0 aliphatic rings. The molecule has 1 aromatic carbocycles. The SMILES string of the molecule is C=C/C=C(\C=C)c1ccccc1C(CO)CC(=O)O. The molecule has 0 heterocycles.